The lowest BCUT2D eigenvalue weighted by Crippen LogP contribution is -2.29. The summed E-state index contributed by atoms with van der Waals surface area (Å²) in [5.41, 5.74) is 1.41. The average molecular weight is 354 g/mol. The molecule has 0 atom stereocenters. The maximum Gasteiger partial charge on any atom is 0.422 e. The van der Waals surface area contributed by atoms with Crippen LogP contribution in [0.15, 0.2) is 42.6 Å². The predicted molar refractivity (Wildman–Crippen MR) is 84.3 cm³/mol. The zero-order valence-corrected chi connectivity index (χ0v) is 13.5. The van der Waals surface area contributed by atoms with Crippen molar-refractivity contribution >= 4 is 5.91 Å². The van der Waals surface area contributed by atoms with Gasteiger partial charge < -0.3 is 14.8 Å². The summed E-state index contributed by atoms with van der Waals surface area (Å²) < 4.78 is 46.7. The number of rotatable bonds is 7. The molecule has 1 N–H and O–H groups in total. The molecule has 2 aromatic rings. The van der Waals surface area contributed by atoms with Crippen LogP contribution < -0.4 is 14.8 Å². The van der Waals surface area contributed by atoms with Crippen molar-refractivity contribution in [1.82, 2.24) is 10.3 Å². The molecule has 2 rings (SSSR count). The number of pyridine rings is 1. The van der Waals surface area contributed by atoms with Crippen LogP contribution in [0.1, 0.15) is 11.1 Å². The molecular weight excluding hydrogens is 337 g/mol. The van der Waals surface area contributed by atoms with Crippen LogP contribution in [-0.2, 0) is 11.3 Å². The number of alkyl halides is 3. The van der Waals surface area contributed by atoms with E-state index in [9.17, 15) is 18.0 Å². The molecule has 0 aliphatic rings. The highest BCUT2D eigenvalue weighted by Crippen LogP contribution is 2.19. The molecule has 1 heterocycles. The van der Waals surface area contributed by atoms with Crippen LogP contribution in [0.25, 0.3) is 0 Å². The first kappa shape index (κ1) is 18.6. The molecule has 0 saturated heterocycles. The molecule has 25 heavy (non-hydrogen) atoms. The Labute approximate surface area is 142 Å². The molecule has 0 radical (unpaired) electrons. The second-order valence-corrected chi connectivity index (χ2v) is 5.25. The van der Waals surface area contributed by atoms with Gasteiger partial charge in [0.2, 0.25) is 5.88 Å². The number of ether oxygens (including phenoxy) is 2. The maximum atomic E-state index is 12.2. The van der Waals surface area contributed by atoms with E-state index in [4.69, 9.17) is 4.74 Å². The number of aromatic nitrogens is 1. The van der Waals surface area contributed by atoms with Gasteiger partial charge in [-0.2, -0.15) is 13.2 Å². The first-order valence-corrected chi connectivity index (χ1v) is 7.43. The standard InChI is InChI=1S/C17H17F3N2O3/c1-12-4-6-14(7-5-12)24-10-15(23)22-9-13-3-2-8-21-16(13)25-11-17(18,19)20/h2-8H,9-11H2,1H3,(H,22,23). The van der Waals surface area contributed by atoms with Crippen LogP contribution in [0.3, 0.4) is 0 Å². The zero-order chi connectivity index (χ0) is 18.3. The fraction of sp³-hybridized carbons (Fsp3) is 0.294. The van der Waals surface area contributed by atoms with Crippen LogP contribution in [0.4, 0.5) is 13.2 Å². The van der Waals surface area contributed by atoms with Gasteiger partial charge in [-0.15, -0.1) is 0 Å². The van der Waals surface area contributed by atoms with Crippen LogP contribution in [-0.4, -0.2) is 30.3 Å². The van der Waals surface area contributed by atoms with Crippen molar-refractivity contribution < 1.29 is 27.4 Å². The minimum Gasteiger partial charge on any atom is -0.484 e. The summed E-state index contributed by atoms with van der Waals surface area (Å²) in [6, 6.07) is 10.3. The number of nitrogens with zero attached hydrogens (tertiary/aromatic N) is 1. The molecule has 1 amide bonds. The molecule has 0 saturated carbocycles. The maximum absolute atomic E-state index is 12.2. The van der Waals surface area contributed by atoms with Crippen molar-refractivity contribution in [3.63, 3.8) is 0 Å². The van der Waals surface area contributed by atoms with Crippen LogP contribution in [0.2, 0.25) is 0 Å². The summed E-state index contributed by atoms with van der Waals surface area (Å²) in [6.07, 6.45) is -3.14. The summed E-state index contributed by atoms with van der Waals surface area (Å²) in [5, 5.41) is 2.55. The van der Waals surface area contributed by atoms with Crippen molar-refractivity contribution in [2.24, 2.45) is 0 Å². The van der Waals surface area contributed by atoms with E-state index in [2.05, 4.69) is 15.0 Å². The predicted octanol–water partition coefficient (Wildman–Crippen LogP) is 3.03. The topological polar surface area (TPSA) is 60.5 Å². The van der Waals surface area contributed by atoms with Gasteiger partial charge in [-0.25, -0.2) is 4.98 Å². The smallest absolute Gasteiger partial charge is 0.422 e. The summed E-state index contributed by atoms with van der Waals surface area (Å²) in [5.74, 6) is -0.0258. The van der Waals surface area contributed by atoms with Crippen molar-refractivity contribution in [2.75, 3.05) is 13.2 Å². The third-order valence-corrected chi connectivity index (χ3v) is 3.09. The SMILES string of the molecule is Cc1ccc(OCC(=O)NCc2cccnc2OCC(F)(F)F)cc1. The van der Waals surface area contributed by atoms with Gasteiger partial charge in [0.15, 0.2) is 13.2 Å². The van der Waals surface area contributed by atoms with Crippen LogP contribution in [0.5, 0.6) is 11.6 Å². The van der Waals surface area contributed by atoms with Gasteiger partial charge in [0.1, 0.15) is 5.75 Å². The lowest BCUT2D eigenvalue weighted by Gasteiger charge is -2.12. The van der Waals surface area contributed by atoms with E-state index >= 15 is 0 Å². The highest BCUT2D eigenvalue weighted by atomic mass is 19.4. The molecular formula is C17H17F3N2O3. The molecule has 1 aromatic heterocycles. The highest BCUT2D eigenvalue weighted by molar-refractivity contribution is 5.77. The fourth-order valence-corrected chi connectivity index (χ4v) is 1.87. The lowest BCUT2D eigenvalue weighted by molar-refractivity contribution is -0.154. The Morgan fingerprint density at radius 3 is 2.56 bits per heavy atom. The van der Waals surface area contributed by atoms with E-state index in [0.717, 1.165) is 5.56 Å². The van der Waals surface area contributed by atoms with Gasteiger partial charge in [0, 0.05) is 18.3 Å². The second-order valence-electron chi connectivity index (χ2n) is 5.25. The third-order valence-electron chi connectivity index (χ3n) is 3.09. The zero-order valence-electron chi connectivity index (χ0n) is 13.5. The molecule has 0 aliphatic heterocycles. The van der Waals surface area contributed by atoms with E-state index in [0.29, 0.717) is 11.3 Å². The molecule has 0 aliphatic carbocycles. The number of hydrogen-bond donors (Lipinski definition) is 1. The van der Waals surface area contributed by atoms with Crippen molar-refractivity contribution in [1.29, 1.82) is 0 Å². The van der Waals surface area contributed by atoms with Gasteiger partial charge in [-0.3, -0.25) is 4.79 Å². The minimum atomic E-state index is -4.46. The number of benzene rings is 1. The van der Waals surface area contributed by atoms with E-state index < -0.39 is 18.7 Å². The largest absolute Gasteiger partial charge is 0.484 e. The number of nitrogens with one attached hydrogen (secondary N) is 1. The lowest BCUT2D eigenvalue weighted by atomic mass is 10.2. The molecule has 0 spiro atoms. The molecule has 0 fully saturated rings. The molecule has 1 aromatic carbocycles. The number of amides is 1. The number of hydrogen-bond acceptors (Lipinski definition) is 4. The van der Waals surface area contributed by atoms with Crippen LogP contribution >= 0.6 is 0 Å². The number of carbonyl (C=O) groups excluding carboxylic acids is 1. The van der Waals surface area contributed by atoms with Gasteiger partial charge in [-0.05, 0) is 25.1 Å². The Hall–Kier alpha value is -2.77. The Morgan fingerprint density at radius 1 is 1.16 bits per heavy atom. The number of aryl methyl sites for hydroxylation is 1. The fourth-order valence-electron chi connectivity index (χ4n) is 1.87. The summed E-state index contributed by atoms with van der Waals surface area (Å²) in [6.45, 7) is 0.267. The van der Waals surface area contributed by atoms with E-state index in [1.165, 1.54) is 12.3 Å². The van der Waals surface area contributed by atoms with Crippen molar-refractivity contribution in [3.05, 3.63) is 53.7 Å². The number of carbonyl (C=O) groups is 1. The quantitative estimate of drug-likeness (QED) is 0.830. The summed E-state index contributed by atoms with van der Waals surface area (Å²) >= 11 is 0. The van der Waals surface area contributed by atoms with Gasteiger partial charge >= 0.3 is 6.18 Å². The molecule has 0 bridgehead atoms. The molecule has 134 valence electrons. The highest BCUT2D eigenvalue weighted by Gasteiger charge is 2.29. The Bertz CT molecular complexity index is 703. The average Bonchev–Trinajstić information content (AvgIpc) is 2.57. The van der Waals surface area contributed by atoms with E-state index in [-0.39, 0.29) is 19.0 Å². The van der Waals surface area contributed by atoms with Gasteiger partial charge in [0.05, 0.1) is 0 Å². The number of halogens is 3. The van der Waals surface area contributed by atoms with Gasteiger partial charge in [-0.1, -0.05) is 23.8 Å². The van der Waals surface area contributed by atoms with Crippen molar-refractivity contribution in [2.45, 2.75) is 19.6 Å². The molecule has 0 unspecified atom stereocenters. The van der Waals surface area contributed by atoms with Gasteiger partial charge in [0.25, 0.3) is 5.91 Å². The van der Waals surface area contributed by atoms with E-state index in [1.807, 2.05) is 19.1 Å². The Morgan fingerprint density at radius 2 is 1.88 bits per heavy atom. The van der Waals surface area contributed by atoms with E-state index in [1.54, 1.807) is 18.2 Å². The monoisotopic (exact) mass is 354 g/mol. The Balaban J connectivity index is 1.84. The second kappa shape index (κ2) is 8.36. The minimum absolute atomic E-state index is 0.0167. The summed E-state index contributed by atoms with van der Waals surface area (Å²) in [4.78, 5) is 15.6. The normalized spacial score (nSPS) is 11.0. The molecule has 8 heteroatoms. The first-order chi connectivity index (χ1) is 11.8. The first-order valence-electron chi connectivity index (χ1n) is 7.43. The Kier molecular flexibility index (Phi) is 6.21. The van der Waals surface area contributed by atoms with Crippen molar-refractivity contribution in [3.8, 4) is 11.6 Å². The summed E-state index contributed by atoms with van der Waals surface area (Å²) in [7, 11) is 0. The molecule has 5 nitrogen and oxygen atoms in total. The van der Waals surface area contributed by atoms with Crippen LogP contribution in [0, 0.1) is 6.92 Å². The third kappa shape index (κ3) is 6.70.